The molecule has 0 atom stereocenters. The number of nitrogens with zero attached hydrogens (tertiary/aromatic N) is 3. The van der Waals surface area contributed by atoms with Gasteiger partial charge in [-0.2, -0.15) is 15.0 Å². The number of methoxy groups -OCH3 is 2. The lowest BCUT2D eigenvalue weighted by molar-refractivity contribution is 0.379. The van der Waals surface area contributed by atoms with Crippen LogP contribution in [0.5, 0.6) is 11.8 Å². The first kappa shape index (κ1) is 14.0. The SMILES string of the molecule is CCCNc1nc(OC)nc(-c2ccccc2OC)n1. The summed E-state index contributed by atoms with van der Waals surface area (Å²) in [6.07, 6.45) is 0.984. The molecule has 0 fully saturated rings. The van der Waals surface area contributed by atoms with Crippen molar-refractivity contribution in [2.45, 2.75) is 13.3 Å². The Hall–Kier alpha value is -2.37. The number of ether oxygens (including phenoxy) is 2. The zero-order valence-electron chi connectivity index (χ0n) is 11.9. The minimum Gasteiger partial charge on any atom is -0.496 e. The van der Waals surface area contributed by atoms with E-state index in [1.54, 1.807) is 7.11 Å². The van der Waals surface area contributed by atoms with E-state index in [-0.39, 0.29) is 6.01 Å². The number of para-hydroxylation sites is 1. The van der Waals surface area contributed by atoms with Gasteiger partial charge < -0.3 is 14.8 Å². The molecule has 0 spiro atoms. The average Bonchev–Trinajstić information content (AvgIpc) is 2.52. The van der Waals surface area contributed by atoms with E-state index in [4.69, 9.17) is 9.47 Å². The first-order valence-electron chi connectivity index (χ1n) is 6.45. The van der Waals surface area contributed by atoms with Crippen molar-refractivity contribution in [1.82, 2.24) is 15.0 Å². The van der Waals surface area contributed by atoms with E-state index in [9.17, 15) is 0 Å². The second kappa shape index (κ2) is 6.70. The predicted octanol–water partition coefficient (Wildman–Crippen LogP) is 2.38. The van der Waals surface area contributed by atoms with Crippen molar-refractivity contribution in [3.8, 4) is 23.1 Å². The second-order valence-electron chi connectivity index (χ2n) is 4.10. The first-order chi connectivity index (χ1) is 9.78. The summed E-state index contributed by atoms with van der Waals surface area (Å²) >= 11 is 0. The van der Waals surface area contributed by atoms with Gasteiger partial charge >= 0.3 is 6.01 Å². The molecule has 0 bridgehead atoms. The van der Waals surface area contributed by atoms with Gasteiger partial charge in [0.25, 0.3) is 0 Å². The predicted molar refractivity (Wildman–Crippen MR) is 77.1 cm³/mol. The number of aromatic nitrogens is 3. The summed E-state index contributed by atoms with van der Waals surface area (Å²) in [7, 11) is 3.15. The van der Waals surface area contributed by atoms with Crippen LogP contribution in [0.1, 0.15) is 13.3 Å². The molecule has 6 nitrogen and oxygen atoms in total. The molecule has 0 amide bonds. The summed E-state index contributed by atoms with van der Waals surface area (Å²) in [6.45, 7) is 2.87. The third-order valence-corrected chi connectivity index (χ3v) is 2.68. The Morgan fingerprint density at radius 3 is 2.55 bits per heavy atom. The fraction of sp³-hybridized carbons (Fsp3) is 0.357. The topological polar surface area (TPSA) is 69.2 Å². The van der Waals surface area contributed by atoms with Crippen LogP contribution in [0.25, 0.3) is 11.4 Å². The van der Waals surface area contributed by atoms with E-state index in [1.165, 1.54) is 7.11 Å². The van der Waals surface area contributed by atoms with Crippen LogP contribution in [-0.2, 0) is 0 Å². The Bertz CT molecular complexity index is 575. The van der Waals surface area contributed by atoms with Crippen LogP contribution in [0.3, 0.4) is 0 Å². The van der Waals surface area contributed by atoms with Crippen molar-refractivity contribution >= 4 is 5.95 Å². The summed E-state index contributed by atoms with van der Waals surface area (Å²) in [6, 6.07) is 7.85. The van der Waals surface area contributed by atoms with E-state index in [0.717, 1.165) is 18.5 Å². The second-order valence-corrected chi connectivity index (χ2v) is 4.10. The largest absolute Gasteiger partial charge is 0.496 e. The molecule has 0 saturated carbocycles. The Morgan fingerprint density at radius 2 is 1.85 bits per heavy atom. The highest BCUT2D eigenvalue weighted by atomic mass is 16.5. The van der Waals surface area contributed by atoms with Crippen molar-refractivity contribution in [1.29, 1.82) is 0 Å². The molecule has 0 unspecified atom stereocenters. The van der Waals surface area contributed by atoms with E-state index < -0.39 is 0 Å². The Balaban J connectivity index is 2.44. The van der Waals surface area contributed by atoms with Crippen LogP contribution >= 0.6 is 0 Å². The van der Waals surface area contributed by atoms with Crippen LogP contribution in [0.2, 0.25) is 0 Å². The summed E-state index contributed by atoms with van der Waals surface area (Å²) in [5.74, 6) is 1.73. The Kier molecular flexibility index (Phi) is 4.70. The van der Waals surface area contributed by atoms with Crippen molar-refractivity contribution in [3.63, 3.8) is 0 Å². The fourth-order valence-electron chi connectivity index (χ4n) is 1.71. The minimum atomic E-state index is 0.277. The van der Waals surface area contributed by atoms with E-state index in [1.807, 2.05) is 24.3 Å². The highest BCUT2D eigenvalue weighted by molar-refractivity contribution is 5.64. The van der Waals surface area contributed by atoms with Gasteiger partial charge in [0, 0.05) is 6.54 Å². The number of nitrogens with one attached hydrogen (secondary N) is 1. The standard InChI is InChI=1S/C14H18N4O2/c1-4-9-15-13-16-12(17-14(18-13)20-3)10-7-5-6-8-11(10)19-2/h5-8H,4,9H2,1-3H3,(H,15,16,17,18). The molecule has 0 aliphatic heterocycles. The summed E-state index contributed by atoms with van der Waals surface area (Å²) in [4.78, 5) is 12.9. The lowest BCUT2D eigenvalue weighted by Crippen LogP contribution is -2.08. The van der Waals surface area contributed by atoms with Gasteiger partial charge in [0.15, 0.2) is 5.82 Å². The molecule has 20 heavy (non-hydrogen) atoms. The molecule has 0 saturated heterocycles. The molecule has 2 rings (SSSR count). The van der Waals surface area contributed by atoms with E-state index in [0.29, 0.717) is 17.5 Å². The molecule has 1 N–H and O–H groups in total. The molecule has 2 aromatic rings. The van der Waals surface area contributed by atoms with Crippen LogP contribution in [0, 0.1) is 0 Å². The van der Waals surface area contributed by atoms with E-state index >= 15 is 0 Å². The number of hydrogen-bond acceptors (Lipinski definition) is 6. The molecular weight excluding hydrogens is 256 g/mol. The average molecular weight is 274 g/mol. The van der Waals surface area contributed by atoms with Crippen LogP contribution in [0.4, 0.5) is 5.95 Å². The maximum absolute atomic E-state index is 5.33. The zero-order chi connectivity index (χ0) is 14.4. The van der Waals surface area contributed by atoms with Crippen LogP contribution < -0.4 is 14.8 Å². The lowest BCUT2D eigenvalue weighted by Gasteiger charge is -2.10. The van der Waals surface area contributed by atoms with Gasteiger partial charge in [-0.1, -0.05) is 19.1 Å². The number of hydrogen-bond donors (Lipinski definition) is 1. The normalized spacial score (nSPS) is 10.2. The van der Waals surface area contributed by atoms with E-state index in [2.05, 4.69) is 27.2 Å². The maximum Gasteiger partial charge on any atom is 0.321 e. The number of anilines is 1. The van der Waals surface area contributed by atoms with Crippen LogP contribution in [-0.4, -0.2) is 35.7 Å². The summed E-state index contributed by atoms with van der Waals surface area (Å²) in [5, 5.41) is 3.13. The molecule has 0 aliphatic carbocycles. The van der Waals surface area contributed by atoms with Gasteiger partial charge in [0.1, 0.15) is 5.75 Å². The molecule has 1 aromatic heterocycles. The van der Waals surface area contributed by atoms with Gasteiger partial charge in [-0.25, -0.2) is 0 Å². The maximum atomic E-state index is 5.33. The third kappa shape index (κ3) is 3.14. The van der Waals surface area contributed by atoms with Gasteiger partial charge in [0.2, 0.25) is 5.95 Å². The smallest absolute Gasteiger partial charge is 0.321 e. The highest BCUT2D eigenvalue weighted by Gasteiger charge is 2.12. The third-order valence-electron chi connectivity index (χ3n) is 2.68. The molecule has 6 heteroatoms. The molecule has 106 valence electrons. The number of benzene rings is 1. The molecule has 0 aliphatic rings. The minimum absolute atomic E-state index is 0.277. The Labute approximate surface area is 118 Å². The van der Waals surface area contributed by atoms with Crippen LogP contribution in [0.15, 0.2) is 24.3 Å². The first-order valence-corrected chi connectivity index (χ1v) is 6.45. The molecular formula is C14H18N4O2. The van der Waals surface area contributed by atoms with Gasteiger partial charge in [0.05, 0.1) is 19.8 Å². The van der Waals surface area contributed by atoms with Crippen molar-refractivity contribution < 1.29 is 9.47 Å². The highest BCUT2D eigenvalue weighted by Crippen LogP contribution is 2.28. The van der Waals surface area contributed by atoms with Crippen molar-refractivity contribution in [2.75, 3.05) is 26.1 Å². The fourth-order valence-corrected chi connectivity index (χ4v) is 1.71. The quantitative estimate of drug-likeness (QED) is 0.872. The lowest BCUT2D eigenvalue weighted by atomic mass is 10.2. The molecule has 0 radical (unpaired) electrons. The zero-order valence-corrected chi connectivity index (χ0v) is 11.9. The van der Waals surface area contributed by atoms with Gasteiger partial charge in [-0.3, -0.25) is 0 Å². The molecule has 1 aromatic carbocycles. The number of rotatable bonds is 6. The van der Waals surface area contributed by atoms with Gasteiger partial charge in [-0.05, 0) is 18.6 Å². The molecule has 1 heterocycles. The summed E-state index contributed by atoms with van der Waals surface area (Å²) in [5.41, 5.74) is 0.801. The summed E-state index contributed by atoms with van der Waals surface area (Å²) < 4.78 is 10.5. The monoisotopic (exact) mass is 274 g/mol. The van der Waals surface area contributed by atoms with Crippen molar-refractivity contribution in [3.05, 3.63) is 24.3 Å². The van der Waals surface area contributed by atoms with Gasteiger partial charge in [-0.15, -0.1) is 0 Å². The Morgan fingerprint density at radius 1 is 1.05 bits per heavy atom. The van der Waals surface area contributed by atoms with Crippen molar-refractivity contribution in [2.24, 2.45) is 0 Å².